The Kier molecular flexibility index (Phi) is 2.37. The van der Waals surface area contributed by atoms with Crippen molar-refractivity contribution in [2.45, 2.75) is 0 Å². The molecule has 0 bridgehead atoms. The summed E-state index contributed by atoms with van der Waals surface area (Å²) in [4.78, 5) is 9.73. The van der Waals surface area contributed by atoms with E-state index in [4.69, 9.17) is 5.41 Å². The van der Waals surface area contributed by atoms with Crippen LogP contribution in [0.15, 0.2) is 24.3 Å². The summed E-state index contributed by atoms with van der Waals surface area (Å²) in [7, 11) is 0. The van der Waals surface area contributed by atoms with Crippen molar-refractivity contribution < 1.29 is 9.66 Å². The zero-order valence-corrected chi connectivity index (χ0v) is 6.06. The highest BCUT2D eigenvalue weighted by Gasteiger charge is 2.04. The Morgan fingerprint density at radius 1 is 1.58 bits per heavy atom. The molecule has 1 N–H and O–H groups in total. The van der Waals surface area contributed by atoms with E-state index in [-0.39, 0.29) is 5.69 Å². The molecule has 0 aliphatic rings. The van der Waals surface area contributed by atoms with Crippen LogP contribution in [0.2, 0.25) is 0 Å². The zero-order chi connectivity index (χ0) is 8.97. The predicted octanol–water partition coefficient (Wildman–Crippen LogP) is 1.58. The van der Waals surface area contributed by atoms with Gasteiger partial charge in [0.25, 0.3) is 5.69 Å². The van der Waals surface area contributed by atoms with Crippen molar-refractivity contribution in [3.63, 3.8) is 0 Å². The van der Waals surface area contributed by atoms with E-state index in [2.05, 4.69) is 4.74 Å². The first-order chi connectivity index (χ1) is 5.74. The molecule has 62 valence electrons. The maximum atomic E-state index is 10.3. The van der Waals surface area contributed by atoms with E-state index in [0.29, 0.717) is 5.75 Å². The Bertz CT molecular complexity index is 311. The second kappa shape index (κ2) is 3.47. The lowest BCUT2D eigenvalue weighted by Crippen LogP contribution is -1.90. The molecule has 0 saturated heterocycles. The quantitative estimate of drug-likeness (QED) is 0.320. The van der Waals surface area contributed by atoms with Crippen molar-refractivity contribution in [1.29, 1.82) is 5.41 Å². The van der Waals surface area contributed by atoms with Gasteiger partial charge in [0.2, 0.25) is 0 Å². The average molecular weight is 166 g/mol. The van der Waals surface area contributed by atoms with E-state index in [9.17, 15) is 10.1 Å². The lowest BCUT2D eigenvalue weighted by molar-refractivity contribution is -0.384. The second-order valence-electron chi connectivity index (χ2n) is 1.99. The molecule has 0 radical (unpaired) electrons. The number of benzene rings is 1. The normalized spacial score (nSPS) is 9.00. The molecule has 5 heteroatoms. The van der Waals surface area contributed by atoms with Gasteiger partial charge in [0.1, 0.15) is 5.75 Å². The van der Waals surface area contributed by atoms with Crippen LogP contribution in [-0.4, -0.2) is 11.3 Å². The standard InChI is InChI=1S/C7H6N2O3/c8-5-12-7-3-1-2-6(4-7)9(10)11/h1-5,8H. The van der Waals surface area contributed by atoms with Crippen LogP contribution in [-0.2, 0) is 0 Å². The predicted molar refractivity (Wildman–Crippen MR) is 42.5 cm³/mol. The number of rotatable bonds is 3. The summed E-state index contributed by atoms with van der Waals surface area (Å²) in [6, 6.07) is 5.65. The third-order valence-electron chi connectivity index (χ3n) is 1.22. The average Bonchev–Trinajstić information content (AvgIpc) is 2.05. The van der Waals surface area contributed by atoms with Crippen LogP contribution < -0.4 is 4.74 Å². The second-order valence-corrected chi connectivity index (χ2v) is 1.99. The van der Waals surface area contributed by atoms with Crippen LogP contribution in [0, 0.1) is 15.5 Å². The summed E-state index contributed by atoms with van der Waals surface area (Å²) in [6.45, 7) is 0. The number of non-ortho nitro benzene ring substituents is 1. The number of hydrogen-bond acceptors (Lipinski definition) is 4. The molecule has 0 fully saturated rings. The fraction of sp³-hybridized carbons (Fsp3) is 0. The van der Waals surface area contributed by atoms with Gasteiger partial charge in [0.05, 0.1) is 11.0 Å². The lowest BCUT2D eigenvalue weighted by Gasteiger charge is -1.96. The summed E-state index contributed by atoms with van der Waals surface area (Å²) in [6.07, 6.45) is 0.721. The molecule has 0 aromatic heterocycles. The van der Waals surface area contributed by atoms with Gasteiger partial charge in [-0.15, -0.1) is 0 Å². The zero-order valence-electron chi connectivity index (χ0n) is 6.06. The van der Waals surface area contributed by atoms with E-state index in [1.54, 1.807) is 0 Å². The van der Waals surface area contributed by atoms with Crippen LogP contribution in [0.25, 0.3) is 0 Å². The van der Waals surface area contributed by atoms with Crippen LogP contribution >= 0.6 is 0 Å². The number of nitro groups is 1. The molecule has 0 amide bonds. The molecule has 0 heterocycles. The highest BCUT2D eigenvalue weighted by atomic mass is 16.6. The highest BCUT2D eigenvalue weighted by molar-refractivity contribution is 5.50. The largest absolute Gasteiger partial charge is 0.446 e. The van der Waals surface area contributed by atoms with Crippen molar-refractivity contribution in [3.8, 4) is 5.75 Å². The molecule has 0 saturated carbocycles. The van der Waals surface area contributed by atoms with Gasteiger partial charge in [-0.1, -0.05) is 6.07 Å². The van der Waals surface area contributed by atoms with E-state index in [1.165, 1.54) is 24.3 Å². The molecule has 5 nitrogen and oxygen atoms in total. The van der Waals surface area contributed by atoms with Gasteiger partial charge in [-0.3, -0.25) is 15.5 Å². The smallest absolute Gasteiger partial charge is 0.273 e. The number of nitrogens with zero attached hydrogens (tertiary/aromatic N) is 1. The summed E-state index contributed by atoms with van der Waals surface area (Å²) in [5.74, 6) is 0.291. The van der Waals surface area contributed by atoms with Gasteiger partial charge in [-0.05, 0) is 6.07 Å². The van der Waals surface area contributed by atoms with Gasteiger partial charge in [0, 0.05) is 6.07 Å². The first kappa shape index (κ1) is 8.19. The Morgan fingerprint density at radius 3 is 2.92 bits per heavy atom. The topological polar surface area (TPSA) is 76.2 Å². The molecule has 12 heavy (non-hydrogen) atoms. The first-order valence-corrected chi connectivity index (χ1v) is 3.14. The van der Waals surface area contributed by atoms with E-state index in [0.717, 1.165) is 6.40 Å². The van der Waals surface area contributed by atoms with Crippen LogP contribution in [0.4, 0.5) is 5.69 Å². The number of ether oxygens (including phenoxy) is 1. The molecule has 1 rings (SSSR count). The third-order valence-corrected chi connectivity index (χ3v) is 1.22. The Balaban J connectivity index is 2.95. The minimum Gasteiger partial charge on any atom is -0.446 e. The molecule has 1 aromatic carbocycles. The monoisotopic (exact) mass is 166 g/mol. The van der Waals surface area contributed by atoms with Crippen molar-refractivity contribution in [1.82, 2.24) is 0 Å². The summed E-state index contributed by atoms with van der Waals surface area (Å²) in [5.41, 5.74) is -0.0469. The van der Waals surface area contributed by atoms with E-state index in [1.807, 2.05) is 0 Å². The minimum atomic E-state index is -0.517. The minimum absolute atomic E-state index is 0.0469. The maximum absolute atomic E-state index is 10.3. The molecule has 0 spiro atoms. The Hall–Kier alpha value is -1.91. The fourth-order valence-electron chi connectivity index (χ4n) is 0.738. The Morgan fingerprint density at radius 2 is 2.33 bits per heavy atom. The molecule has 1 aromatic rings. The molecule has 0 aliphatic carbocycles. The van der Waals surface area contributed by atoms with Crippen molar-refractivity contribution in [3.05, 3.63) is 34.4 Å². The molecule has 0 aliphatic heterocycles. The van der Waals surface area contributed by atoms with E-state index >= 15 is 0 Å². The molecular weight excluding hydrogens is 160 g/mol. The molecular formula is C7H6N2O3. The lowest BCUT2D eigenvalue weighted by atomic mass is 10.3. The molecule has 0 unspecified atom stereocenters. The van der Waals surface area contributed by atoms with Crippen molar-refractivity contribution in [2.75, 3.05) is 0 Å². The van der Waals surface area contributed by atoms with Crippen LogP contribution in [0.1, 0.15) is 0 Å². The van der Waals surface area contributed by atoms with Gasteiger partial charge in [-0.2, -0.15) is 0 Å². The number of nitrogens with one attached hydrogen (secondary N) is 1. The first-order valence-electron chi connectivity index (χ1n) is 3.14. The van der Waals surface area contributed by atoms with Gasteiger partial charge < -0.3 is 4.74 Å². The Labute approximate surface area is 68.2 Å². The van der Waals surface area contributed by atoms with E-state index < -0.39 is 4.92 Å². The van der Waals surface area contributed by atoms with Gasteiger partial charge in [0.15, 0.2) is 6.40 Å². The van der Waals surface area contributed by atoms with Gasteiger partial charge in [-0.25, -0.2) is 0 Å². The SMILES string of the molecule is N=COc1cccc([N+](=O)[O-])c1. The summed E-state index contributed by atoms with van der Waals surface area (Å²) in [5, 5.41) is 16.9. The highest BCUT2D eigenvalue weighted by Crippen LogP contribution is 2.18. The van der Waals surface area contributed by atoms with Crippen molar-refractivity contribution in [2.24, 2.45) is 0 Å². The molecule has 0 atom stereocenters. The maximum Gasteiger partial charge on any atom is 0.273 e. The third kappa shape index (κ3) is 1.79. The van der Waals surface area contributed by atoms with Crippen molar-refractivity contribution >= 4 is 12.1 Å². The number of nitro benzene ring substituents is 1. The summed E-state index contributed by atoms with van der Waals surface area (Å²) >= 11 is 0. The fourth-order valence-corrected chi connectivity index (χ4v) is 0.738. The van der Waals surface area contributed by atoms with Crippen LogP contribution in [0.3, 0.4) is 0 Å². The van der Waals surface area contributed by atoms with Crippen LogP contribution in [0.5, 0.6) is 5.75 Å². The van der Waals surface area contributed by atoms with Gasteiger partial charge >= 0.3 is 0 Å². The number of hydrogen-bond donors (Lipinski definition) is 1. The summed E-state index contributed by atoms with van der Waals surface area (Å²) < 4.78 is 4.63.